The first-order valence-electron chi connectivity index (χ1n) is 17.7. The van der Waals surface area contributed by atoms with Gasteiger partial charge in [0.05, 0.1) is 32.1 Å². The third kappa shape index (κ3) is 6.56. The predicted molar refractivity (Wildman–Crippen MR) is 195 cm³/mol. The second-order valence-corrected chi connectivity index (χ2v) is 13.6. The zero-order valence-electron chi connectivity index (χ0n) is 29.5. The van der Waals surface area contributed by atoms with E-state index in [2.05, 4.69) is 39.9 Å². The van der Waals surface area contributed by atoms with Gasteiger partial charge in [-0.3, -0.25) is 4.98 Å². The lowest BCUT2D eigenvalue weighted by atomic mass is 10.1. The lowest BCUT2D eigenvalue weighted by Crippen LogP contribution is -2.32. The van der Waals surface area contributed by atoms with E-state index >= 15 is 4.39 Å². The molecule has 2 fully saturated rings. The molecule has 1 saturated heterocycles. The molecule has 1 atom stereocenters. The van der Waals surface area contributed by atoms with Gasteiger partial charge in [0.25, 0.3) is 0 Å². The minimum Gasteiger partial charge on any atom is -0.497 e. The lowest BCUT2D eigenvalue weighted by molar-refractivity contribution is -0.0405. The molecule has 5 aromatic rings. The summed E-state index contributed by atoms with van der Waals surface area (Å²) in [5.74, 6) is 4.05. The van der Waals surface area contributed by atoms with Gasteiger partial charge in [-0.15, -0.1) is 0 Å². The van der Waals surface area contributed by atoms with Crippen molar-refractivity contribution < 1.29 is 18.6 Å². The molecule has 0 radical (unpaired) electrons. The van der Waals surface area contributed by atoms with Crippen LogP contribution in [-0.2, 0) is 11.3 Å². The minimum atomic E-state index is -0.340. The molecule has 11 nitrogen and oxygen atoms in total. The van der Waals surface area contributed by atoms with Crippen molar-refractivity contribution in [3.63, 3.8) is 0 Å². The van der Waals surface area contributed by atoms with Gasteiger partial charge in [0.2, 0.25) is 5.95 Å². The number of rotatable bonds is 10. The van der Waals surface area contributed by atoms with Crippen LogP contribution in [0.5, 0.6) is 11.5 Å². The number of pyridine rings is 1. The molecule has 8 rings (SSSR count). The molecule has 264 valence electrons. The Hall–Kier alpha value is -5.23. The zero-order valence-corrected chi connectivity index (χ0v) is 29.5. The summed E-state index contributed by atoms with van der Waals surface area (Å²) in [6, 6.07) is 17.3. The first kappa shape index (κ1) is 32.9. The van der Waals surface area contributed by atoms with Gasteiger partial charge < -0.3 is 28.9 Å². The first-order chi connectivity index (χ1) is 24.9. The molecule has 2 aliphatic heterocycles. The molecule has 3 aliphatic rings. The smallest absolute Gasteiger partial charge is 0.233 e. The Morgan fingerprint density at radius 1 is 0.980 bits per heavy atom. The van der Waals surface area contributed by atoms with E-state index in [-0.39, 0.29) is 18.0 Å². The average molecular weight is 691 g/mol. The fourth-order valence-corrected chi connectivity index (χ4v) is 7.00. The van der Waals surface area contributed by atoms with E-state index in [0.717, 1.165) is 95.7 Å². The quantitative estimate of drug-likeness (QED) is 0.143. The highest BCUT2D eigenvalue weighted by molar-refractivity contribution is 5.78. The summed E-state index contributed by atoms with van der Waals surface area (Å²) in [5, 5.41) is 5.21. The van der Waals surface area contributed by atoms with Crippen molar-refractivity contribution in [3.05, 3.63) is 95.2 Å². The van der Waals surface area contributed by atoms with Crippen LogP contribution < -0.4 is 24.2 Å². The van der Waals surface area contributed by atoms with Gasteiger partial charge in [-0.05, 0) is 87.3 Å². The number of methoxy groups -OCH3 is 1. The molecular weight excluding hydrogens is 647 g/mol. The number of hydrogen-bond acceptors (Lipinski definition) is 10. The van der Waals surface area contributed by atoms with Crippen molar-refractivity contribution >= 4 is 34.8 Å². The number of halogens is 1. The fourth-order valence-electron chi connectivity index (χ4n) is 7.00. The number of fused-ring (bicyclic) bond motifs is 1. The van der Waals surface area contributed by atoms with Crippen LogP contribution in [0.1, 0.15) is 66.6 Å². The maximum absolute atomic E-state index is 15.6. The molecule has 5 heterocycles. The summed E-state index contributed by atoms with van der Waals surface area (Å²) in [6.07, 6.45) is 8.51. The maximum Gasteiger partial charge on any atom is 0.233 e. The van der Waals surface area contributed by atoms with E-state index in [4.69, 9.17) is 29.3 Å². The van der Waals surface area contributed by atoms with Crippen LogP contribution in [0.2, 0.25) is 0 Å². The molecule has 1 unspecified atom stereocenters. The van der Waals surface area contributed by atoms with Gasteiger partial charge in [0, 0.05) is 43.2 Å². The van der Waals surface area contributed by atoms with Crippen LogP contribution in [0.25, 0.3) is 0 Å². The van der Waals surface area contributed by atoms with Crippen molar-refractivity contribution in [2.75, 3.05) is 48.6 Å². The molecule has 0 bridgehead atoms. The van der Waals surface area contributed by atoms with E-state index in [9.17, 15) is 0 Å². The van der Waals surface area contributed by atoms with Crippen LogP contribution in [0.3, 0.4) is 0 Å². The van der Waals surface area contributed by atoms with E-state index in [1.165, 1.54) is 6.07 Å². The van der Waals surface area contributed by atoms with E-state index < -0.39 is 0 Å². The standard InChI is InChI=1S/C39H43FN8O3/c1-25-8-15-31(30(40)21-25)45(3)39-42-37(46-18-20-50-33-16-17-41-23-32(33)46)36(28-11-12-28)38(43-39)47(24-27-9-13-29(49-4)14-10-27)34-22-26(2)48(44-34)35-7-5-6-19-51-35/h8-10,13-17,21-23,28,35H,5-7,11-12,18-20,24H2,1-4H3. The van der Waals surface area contributed by atoms with Gasteiger partial charge >= 0.3 is 0 Å². The summed E-state index contributed by atoms with van der Waals surface area (Å²) < 4.78 is 35.3. The third-order valence-electron chi connectivity index (χ3n) is 9.89. The molecule has 51 heavy (non-hydrogen) atoms. The fraction of sp³-hybridized carbons (Fsp3) is 0.385. The second kappa shape index (κ2) is 13.8. The number of aromatic nitrogens is 5. The summed E-state index contributed by atoms with van der Waals surface area (Å²) >= 11 is 0. The number of hydrogen-bond donors (Lipinski definition) is 0. The normalized spacial score (nSPS) is 17.1. The summed E-state index contributed by atoms with van der Waals surface area (Å²) in [7, 11) is 3.48. The van der Waals surface area contributed by atoms with Gasteiger partial charge in [-0.25, -0.2) is 9.07 Å². The average Bonchev–Trinajstić information content (AvgIpc) is 3.93. The Balaban J connectivity index is 1.34. The number of anilines is 6. The lowest BCUT2D eigenvalue weighted by Gasteiger charge is -2.34. The highest BCUT2D eigenvalue weighted by Crippen LogP contribution is 2.52. The van der Waals surface area contributed by atoms with Crippen LogP contribution >= 0.6 is 0 Å². The van der Waals surface area contributed by atoms with Gasteiger partial charge in [0.15, 0.2) is 12.0 Å². The molecule has 1 aliphatic carbocycles. The molecule has 2 aromatic carbocycles. The Labute approximate surface area is 297 Å². The highest BCUT2D eigenvalue weighted by Gasteiger charge is 2.38. The van der Waals surface area contributed by atoms with Crippen molar-refractivity contribution in [1.82, 2.24) is 24.7 Å². The molecule has 1 saturated carbocycles. The van der Waals surface area contributed by atoms with Gasteiger partial charge in [-0.2, -0.15) is 15.1 Å². The van der Waals surface area contributed by atoms with Crippen LogP contribution in [0, 0.1) is 19.7 Å². The summed E-state index contributed by atoms with van der Waals surface area (Å²) in [6.45, 7) is 6.21. The molecule has 0 N–H and O–H groups in total. The topological polar surface area (TPSA) is 93.9 Å². The summed E-state index contributed by atoms with van der Waals surface area (Å²) in [5.41, 5.74) is 5.15. The Morgan fingerprint density at radius 2 is 1.82 bits per heavy atom. The Bertz CT molecular complexity index is 2030. The number of ether oxygens (including phenoxy) is 3. The van der Waals surface area contributed by atoms with Crippen LogP contribution in [-0.4, -0.2) is 58.6 Å². The van der Waals surface area contributed by atoms with Crippen molar-refractivity contribution in [3.8, 4) is 11.5 Å². The molecule has 0 spiro atoms. The largest absolute Gasteiger partial charge is 0.497 e. The molecular formula is C39H43FN8O3. The zero-order chi connectivity index (χ0) is 35.1. The summed E-state index contributed by atoms with van der Waals surface area (Å²) in [4.78, 5) is 21.1. The van der Waals surface area contributed by atoms with E-state index in [1.807, 2.05) is 49.1 Å². The monoisotopic (exact) mass is 690 g/mol. The highest BCUT2D eigenvalue weighted by atomic mass is 19.1. The van der Waals surface area contributed by atoms with Crippen molar-refractivity contribution in [2.45, 2.75) is 64.6 Å². The van der Waals surface area contributed by atoms with Gasteiger partial charge in [-0.1, -0.05) is 18.2 Å². The molecule has 3 aromatic heterocycles. The first-order valence-corrected chi connectivity index (χ1v) is 17.7. The van der Waals surface area contributed by atoms with E-state index in [1.54, 1.807) is 24.3 Å². The Kier molecular flexibility index (Phi) is 8.93. The van der Waals surface area contributed by atoms with Crippen LogP contribution in [0.4, 0.5) is 39.2 Å². The third-order valence-corrected chi connectivity index (χ3v) is 9.89. The van der Waals surface area contributed by atoms with Crippen LogP contribution in [0.15, 0.2) is 67.0 Å². The SMILES string of the molecule is COc1ccc(CN(c2cc(C)n(C3CCCCO3)n2)c2nc(N(C)c3ccc(C)cc3F)nc(N3CCOc4ccncc43)c2C2CC2)cc1. The maximum atomic E-state index is 15.6. The second-order valence-electron chi connectivity index (χ2n) is 13.6. The number of benzene rings is 2. The molecule has 12 heteroatoms. The van der Waals surface area contributed by atoms with Gasteiger partial charge in [0.1, 0.15) is 41.2 Å². The minimum absolute atomic E-state index is 0.122. The number of nitrogens with zero attached hydrogens (tertiary/aromatic N) is 8. The van der Waals surface area contributed by atoms with Crippen molar-refractivity contribution in [2.24, 2.45) is 0 Å². The predicted octanol–water partition coefficient (Wildman–Crippen LogP) is 8.05. The Morgan fingerprint density at radius 3 is 2.57 bits per heavy atom. The number of aryl methyl sites for hydroxylation is 2. The van der Waals surface area contributed by atoms with E-state index in [0.29, 0.717) is 31.3 Å². The molecule has 0 amide bonds. The van der Waals surface area contributed by atoms with Crippen molar-refractivity contribution in [1.29, 1.82) is 0 Å².